The number of ether oxygens (including phenoxy) is 1. The third-order valence-electron chi connectivity index (χ3n) is 5.29. The van der Waals surface area contributed by atoms with Crippen LogP contribution in [0.15, 0.2) is 12.7 Å². The third-order valence-corrected chi connectivity index (χ3v) is 5.75. The number of anilines is 1. The van der Waals surface area contributed by atoms with E-state index in [1.54, 1.807) is 0 Å². The molecule has 0 aliphatic carbocycles. The van der Waals surface area contributed by atoms with Crippen LogP contribution in [0.5, 0.6) is 0 Å². The number of nitrogens with zero attached hydrogens (tertiary/aromatic N) is 5. The molecule has 2 aliphatic rings. The molecule has 0 aromatic carbocycles. The van der Waals surface area contributed by atoms with Crippen LogP contribution in [0.3, 0.4) is 0 Å². The Balaban J connectivity index is 1.47. The number of hydrogen-bond donors (Lipinski definition) is 4. The van der Waals surface area contributed by atoms with Crippen molar-refractivity contribution in [3.63, 3.8) is 0 Å². The molecule has 4 heterocycles. The number of aliphatic hydroxyl groups is 2. The second-order valence-electron chi connectivity index (χ2n) is 7.35. The van der Waals surface area contributed by atoms with E-state index in [0.717, 1.165) is 19.6 Å². The van der Waals surface area contributed by atoms with Gasteiger partial charge in [-0.05, 0) is 25.9 Å². The standard InChI is InChI=1S/C16H25N7O6S/c17-30(26,27)28-7-10-12(24)13(25)16(29-10)23-9-21-11-14(19-8-20-15(11)23)18-3-6-22-4-1-2-5-22/h8-10,12-13,16,24-25H,1-7H2,(H2,17,26,27)(H,18,19,20)/t10-,12-,13-,16-/m1/s1. The van der Waals surface area contributed by atoms with Crippen molar-refractivity contribution in [3.05, 3.63) is 12.7 Å². The molecule has 0 amide bonds. The van der Waals surface area contributed by atoms with E-state index in [4.69, 9.17) is 9.88 Å². The molecule has 0 spiro atoms. The Morgan fingerprint density at radius 3 is 2.73 bits per heavy atom. The van der Waals surface area contributed by atoms with Gasteiger partial charge < -0.3 is 25.2 Å². The number of rotatable bonds is 8. The Morgan fingerprint density at radius 1 is 1.23 bits per heavy atom. The Hall–Kier alpha value is -1.94. The molecule has 5 N–H and O–H groups in total. The fraction of sp³-hybridized carbons (Fsp3) is 0.688. The molecular weight excluding hydrogens is 418 g/mol. The number of nitrogens with one attached hydrogen (secondary N) is 1. The summed E-state index contributed by atoms with van der Waals surface area (Å²) < 4.78 is 33.5. The van der Waals surface area contributed by atoms with E-state index in [2.05, 4.69) is 29.4 Å². The van der Waals surface area contributed by atoms with E-state index in [9.17, 15) is 18.6 Å². The largest absolute Gasteiger partial charge is 0.387 e. The van der Waals surface area contributed by atoms with E-state index in [-0.39, 0.29) is 0 Å². The number of nitrogens with two attached hydrogens (primary N) is 1. The Kier molecular flexibility index (Phi) is 6.15. The molecule has 0 saturated carbocycles. The number of imidazole rings is 1. The van der Waals surface area contributed by atoms with Crippen molar-refractivity contribution in [3.8, 4) is 0 Å². The Morgan fingerprint density at radius 2 is 2.00 bits per heavy atom. The van der Waals surface area contributed by atoms with Crippen molar-refractivity contribution >= 4 is 27.3 Å². The molecule has 0 radical (unpaired) electrons. The highest BCUT2D eigenvalue weighted by Gasteiger charge is 2.45. The maximum absolute atomic E-state index is 11.0. The van der Waals surface area contributed by atoms with Crippen LogP contribution in [-0.4, -0.2) is 94.1 Å². The minimum atomic E-state index is -4.20. The third kappa shape index (κ3) is 4.54. The molecule has 166 valence electrons. The molecule has 14 heteroatoms. The summed E-state index contributed by atoms with van der Waals surface area (Å²) in [7, 11) is -4.20. The number of likely N-dealkylation sites (tertiary alicyclic amines) is 1. The molecule has 2 aromatic rings. The summed E-state index contributed by atoms with van der Waals surface area (Å²) in [6, 6.07) is 0. The van der Waals surface area contributed by atoms with Crippen molar-refractivity contribution in [2.24, 2.45) is 5.14 Å². The fourth-order valence-electron chi connectivity index (χ4n) is 3.76. The van der Waals surface area contributed by atoms with Crippen molar-refractivity contribution < 1.29 is 27.6 Å². The average molecular weight is 443 g/mol. The van der Waals surface area contributed by atoms with Crippen LogP contribution in [-0.2, 0) is 19.2 Å². The lowest BCUT2D eigenvalue weighted by Crippen LogP contribution is -2.35. The lowest BCUT2D eigenvalue weighted by atomic mass is 10.1. The SMILES string of the molecule is NS(=O)(=O)OC[C@H]1O[C@@H](n2cnc3c(NCCN4CCCC4)ncnc32)[C@H](O)[C@@H]1O. The Bertz CT molecular complexity index is 980. The van der Waals surface area contributed by atoms with Gasteiger partial charge in [0.1, 0.15) is 24.6 Å². The summed E-state index contributed by atoms with van der Waals surface area (Å²) in [6.45, 7) is 3.27. The van der Waals surface area contributed by atoms with E-state index in [1.165, 1.54) is 30.1 Å². The number of aromatic nitrogens is 4. The summed E-state index contributed by atoms with van der Waals surface area (Å²) >= 11 is 0. The van der Waals surface area contributed by atoms with Gasteiger partial charge in [0.25, 0.3) is 0 Å². The Labute approximate surface area is 173 Å². The van der Waals surface area contributed by atoms with Crippen LogP contribution in [0.25, 0.3) is 11.2 Å². The predicted octanol–water partition coefficient (Wildman–Crippen LogP) is -1.83. The summed E-state index contributed by atoms with van der Waals surface area (Å²) in [6.07, 6.45) is 0.383. The zero-order valence-electron chi connectivity index (χ0n) is 16.2. The molecule has 13 nitrogen and oxygen atoms in total. The first-order chi connectivity index (χ1) is 14.3. The molecule has 0 unspecified atom stereocenters. The van der Waals surface area contributed by atoms with Crippen LogP contribution < -0.4 is 10.5 Å². The highest BCUT2D eigenvalue weighted by atomic mass is 32.2. The van der Waals surface area contributed by atoms with Gasteiger partial charge in [0.2, 0.25) is 0 Å². The minimum Gasteiger partial charge on any atom is -0.387 e. The van der Waals surface area contributed by atoms with Crippen molar-refractivity contribution in [1.29, 1.82) is 0 Å². The molecule has 2 saturated heterocycles. The van der Waals surface area contributed by atoms with Crippen LogP contribution in [0, 0.1) is 0 Å². The first-order valence-electron chi connectivity index (χ1n) is 9.66. The van der Waals surface area contributed by atoms with Crippen LogP contribution >= 0.6 is 0 Å². The van der Waals surface area contributed by atoms with Crippen molar-refractivity contribution in [1.82, 2.24) is 24.4 Å². The number of hydrogen-bond acceptors (Lipinski definition) is 11. The first kappa shape index (κ1) is 21.3. The number of aliphatic hydroxyl groups excluding tert-OH is 2. The van der Waals surface area contributed by atoms with Gasteiger partial charge in [0.05, 0.1) is 12.9 Å². The topological polar surface area (TPSA) is 178 Å². The zero-order chi connectivity index (χ0) is 21.3. The normalized spacial score (nSPS) is 27.8. The lowest BCUT2D eigenvalue weighted by Gasteiger charge is -2.17. The molecule has 0 bridgehead atoms. The second kappa shape index (κ2) is 8.66. The van der Waals surface area contributed by atoms with E-state index in [0.29, 0.717) is 23.5 Å². The smallest absolute Gasteiger partial charge is 0.333 e. The highest BCUT2D eigenvalue weighted by Crippen LogP contribution is 2.32. The van der Waals surface area contributed by atoms with Gasteiger partial charge in [-0.15, -0.1) is 0 Å². The summed E-state index contributed by atoms with van der Waals surface area (Å²) in [4.78, 5) is 15.2. The molecule has 2 aromatic heterocycles. The molecular formula is C16H25N7O6S. The van der Waals surface area contributed by atoms with Crippen LogP contribution in [0.2, 0.25) is 0 Å². The fourth-order valence-corrected chi connectivity index (χ4v) is 4.09. The summed E-state index contributed by atoms with van der Waals surface area (Å²) in [5, 5.41) is 28.7. The summed E-state index contributed by atoms with van der Waals surface area (Å²) in [5.41, 5.74) is 0.895. The van der Waals surface area contributed by atoms with Gasteiger partial charge in [0, 0.05) is 13.1 Å². The molecule has 4 atom stereocenters. The monoisotopic (exact) mass is 443 g/mol. The molecule has 30 heavy (non-hydrogen) atoms. The van der Waals surface area contributed by atoms with Gasteiger partial charge in [-0.1, -0.05) is 0 Å². The second-order valence-corrected chi connectivity index (χ2v) is 8.57. The molecule has 2 aliphatic heterocycles. The van der Waals surface area contributed by atoms with Crippen molar-refractivity contribution in [2.75, 3.05) is 38.1 Å². The van der Waals surface area contributed by atoms with Crippen LogP contribution in [0.4, 0.5) is 5.82 Å². The zero-order valence-corrected chi connectivity index (χ0v) is 17.0. The minimum absolute atomic E-state index is 0.401. The van der Waals surface area contributed by atoms with Gasteiger partial charge >= 0.3 is 10.3 Å². The summed E-state index contributed by atoms with van der Waals surface area (Å²) in [5.74, 6) is 0.556. The van der Waals surface area contributed by atoms with Gasteiger partial charge in [-0.2, -0.15) is 8.42 Å². The molecule has 2 fully saturated rings. The average Bonchev–Trinajstić information content (AvgIpc) is 3.42. The van der Waals surface area contributed by atoms with Gasteiger partial charge in [0.15, 0.2) is 23.2 Å². The van der Waals surface area contributed by atoms with Gasteiger partial charge in [-0.3, -0.25) is 8.75 Å². The van der Waals surface area contributed by atoms with Gasteiger partial charge in [-0.25, -0.2) is 20.1 Å². The first-order valence-corrected chi connectivity index (χ1v) is 11.1. The molecule has 4 rings (SSSR count). The number of fused-ring (bicyclic) bond motifs is 1. The van der Waals surface area contributed by atoms with E-state index in [1.807, 2.05) is 0 Å². The quantitative estimate of drug-likeness (QED) is 0.361. The van der Waals surface area contributed by atoms with Crippen molar-refractivity contribution in [2.45, 2.75) is 37.4 Å². The maximum Gasteiger partial charge on any atom is 0.333 e. The maximum atomic E-state index is 11.0. The predicted molar refractivity (Wildman–Crippen MR) is 104 cm³/mol. The van der Waals surface area contributed by atoms with E-state index < -0.39 is 41.5 Å². The highest BCUT2D eigenvalue weighted by molar-refractivity contribution is 7.84. The van der Waals surface area contributed by atoms with E-state index >= 15 is 0 Å². The van der Waals surface area contributed by atoms with Crippen LogP contribution in [0.1, 0.15) is 19.1 Å². The lowest BCUT2D eigenvalue weighted by molar-refractivity contribution is -0.0467.